The molecule has 6 nitrogen and oxygen atoms in total. The molecule has 0 unspecified atom stereocenters. The average Bonchev–Trinajstić information content (AvgIpc) is 2.70. The Morgan fingerprint density at radius 1 is 0.926 bits per heavy atom. The maximum Gasteiger partial charge on any atom is 0.255 e. The number of aromatic nitrogens is 1. The molecule has 136 valence electrons. The number of carbonyl (C=O) groups is 2. The van der Waals surface area contributed by atoms with Gasteiger partial charge in [0.15, 0.2) is 0 Å². The molecule has 3 rings (SSSR count). The van der Waals surface area contributed by atoms with E-state index in [0.29, 0.717) is 28.3 Å². The van der Waals surface area contributed by atoms with Gasteiger partial charge in [-0.15, -0.1) is 0 Å². The average molecular weight is 361 g/mol. The van der Waals surface area contributed by atoms with E-state index >= 15 is 0 Å². The molecule has 6 heteroatoms. The van der Waals surface area contributed by atoms with E-state index in [9.17, 15) is 9.59 Å². The summed E-state index contributed by atoms with van der Waals surface area (Å²) in [6.07, 6.45) is 3.31. The van der Waals surface area contributed by atoms with Crippen molar-refractivity contribution in [2.45, 2.75) is 6.92 Å². The molecule has 0 saturated heterocycles. The largest absolute Gasteiger partial charge is 0.497 e. The molecule has 2 aromatic carbocycles. The minimum Gasteiger partial charge on any atom is -0.497 e. The van der Waals surface area contributed by atoms with E-state index in [1.807, 2.05) is 6.92 Å². The van der Waals surface area contributed by atoms with E-state index in [0.717, 1.165) is 5.56 Å². The normalized spacial score (nSPS) is 10.1. The lowest BCUT2D eigenvalue weighted by molar-refractivity contribution is 0.101. The lowest BCUT2D eigenvalue weighted by atomic mass is 10.1. The van der Waals surface area contributed by atoms with Gasteiger partial charge in [-0.25, -0.2) is 0 Å². The van der Waals surface area contributed by atoms with Gasteiger partial charge in [0, 0.05) is 34.9 Å². The molecule has 1 aromatic heterocycles. The summed E-state index contributed by atoms with van der Waals surface area (Å²) >= 11 is 0. The first-order valence-electron chi connectivity index (χ1n) is 8.34. The number of hydrogen-bond donors (Lipinski definition) is 2. The zero-order valence-corrected chi connectivity index (χ0v) is 15.0. The predicted octanol–water partition coefficient (Wildman–Crippen LogP) is 3.90. The second-order valence-electron chi connectivity index (χ2n) is 5.91. The quantitative estimate of drug-likeness (QED) is 0.722. The molecule has 0 fully saturated rings. The number of pyridine rings is 1. The molecule has 0 aliphatic rings. The molecule has 2 N–H and O–H groups in total. The fourth-order valence-corrected chi connectivity index (χ4v) is 2.48. The number of anilines is 2. The molecule has 0 spiro atoms. The summed E-state index contributed by atoms with van der Waals surface area (Å²) in [5, 5.41) is 5.65. The molecular formula is C21H19N3O3. The number of benzene rings is 2. The van der Waals surface area contributed by atoms with Crippen LogP contribution in [-0.2, 0) is 0 Å². The van der Waals surface area contributed by atoms with Crippen LogP contribution in [0, 0.1) is 6.92 Å². The summed E-state index contributed by atoms with van der Waals surface area (Å²) in [5.74, 6) is 0.134. The van der Waals surface area contributed by atoms with Crippen LogP contribution in [0.3, 0.4) is 0 Å². The van der Waals surface area contributed by atoms with Gasteiger partial charge >= 0.3 is 0 Å². The van der Waals surface area contributed by atoms with Crippen molar-refractivity contribution >= 4 is 23.2 Å². The van der Waals surface area contributed by atoms with Crippen LogP contribution in [0.4, 0.5) is 11.4 Å². The van der Waals surface area contributed by atoms with E-state index < -0.39 is 0 Å². The molecule has 0 aliphatic carbocycles. The van der Waals surface area contributed by atoms with Crippen molar-refractivity contribution in [1.29, 1.82) is 0 Å². The summed E-state index contributed by atoms with van der Waals surface area (Å²) in [5.41, 5.74) is 3.17. The van der Waals surface area contributed by atoms with Gasteiger partial charge in [-0.2, -0.15) is 0 Å². The molecule has 0 aliphatic heterocycles. The molecule has 27 heavy (non-hydrogen) atoms. The Hall–Kier alpha value is -3.67. The van der Waals surface area contributed by atoms with Gasteiger partial charge in [0.2, 0.25) is 0 Å². The molecule has 0 radical (unpaired) electrons. The van der Waals surface area contributed by atoms with Crippen LogP contribution in [0.1, 0.15) is 26.3 Å². The van der Waals surface area contributed by atoms with Crippen LogP contribution in [0.2, 0.25) is 0 Å². The minimum absolute atomic E-state index is 0.227. The smallest absolute Gasteiger partial charge is 0.255 e. The van der Waals surface area contributed by atoms with Crippen molar-refractivity contribution in [3.05, 3.63) is 83.7 Å². The van der Waals surface area contributed by atoms with Crippen molar-refractivity contribution in [3.8, 4) is 5.75 Å². The standard InChI is InChI=1S/C21H19N3O3/c1-14-13-22-11-10-19(14)24-20(25)15-6-8-17(9-7-15)23-21(26)16-4-3-5-18(12-16)27-2/h3-13H,1-2H3,(H,23,26)(H,22,24,25). The Kier molecular flexibility index (Phi) is 5.47. The first-order valence-corrected chi connectivity index (χ1v) is 8.34. The second-order valence-corrected chi connectivity index (χ2v) is 5.91. The Morgan fingerprint density at radius 2 is 1.67 bits per heavy atom. The van der Waals surface area contributed by atoms with Crippen LogP contribution in [-0.4, -0.2) is 23.9 Å². The Morgan fingerprint density at radius 3 is 2.37 bits per heavy atom. The summed E-state index contributed by atoms with van der Waals surface area (Å²) in [6, 6.07) is 15.3. The lowest BCUT2D eigenvalue weighted by Gasteiger charge is -2.09. The number of amides is 2. The fraction of sp³-hybridized carbons (Fsp3) is 0.0952. The van der Waals surface area contributed by atoms with Crippen LogP contribution in [0.25, 0.3) is 0 Å². The summed E-state index contributed by atoms with van der Waals surface area (Å²) in [6.45, 7) is 1.87. The molecule has 0 bridgehead atoms. The predicted molar refractivity (Wildman–Crippen MR) is 104 cm³/mol. The fourth-order valence-electron chi connectivity index (χ4n) is 2.48. The maximum absolute atomic E-state index is 12.4. The van der Waals surface area contributed by atoms with Gasteiger partial charge in [0.1, 0.15) is 5.75 Å². The third-order valence-electron chi connectivity index (χ3n) is 4.01. The molecule has 0 saturated carbocycles. The second kappa shape index (κ2) is 8.14. The lowest BCUT2D eigenvalue weighted by Crippen LogP contribution is -2.14. The monoisotopic (exact) mass is 361 g/mol. The first-order chi connectivity index (χ1) is 13.1. The highest BCUT2D eigenvalue weighted by Gasteiger charge is 2.10. The third kappa shape index (κ3) is 4.49. The first kappa shape index (κ1) is 18.1. The number of hydrogen-bond acceptors (Lipinski definition) is 4. The number of rotatable bonds is 5. The van der Waals surface area contributed by atoms with Gasteiger partial charge < -0.3 is 15.4 Å². The van der Waals surface area contributed by atoms with Gasteiger partial charge in [0.05, 0.1) is 7.11 Å². The molecular weight excluding hydrogens is 342 g/mol. The van der Waals surface area contributed by atoms with Crippen molar-refractivity contribution in [2.75, 3.05) is 17.7 Å². The maximum atomic E-state index is 12.4. The Balaban J connectivity index is 1.67. The van der Waals surface area contributed by atoms with Crippen LogP contribution in [0.5, 0.6) is 5.75 Å². The summed E-state index contributed by atoms with van der Waals surface area (Å²) < 4.78 is 5.13. The number of carbonyl (C=O) groups excluding carboxylic acids is 2. The van der Waals surface area contributed by atoms with Gasteiger partial charge in [-0.05, 0) is 61.0 Å². The van der Waals surface area contributed by atoms with Gasteiger partial charge in [-0.1, -0.05) is 6.07 Å². The van der Waals surface area contributed by atoms with Crippen molar-refractivity contribution in [1.82, 2.24) is 4.98 Å². The number of nitrogens with zero attached hydrogens (tertiary/aromatic N) is 1. The van der Waals surface area contributed by atoms with E-state index in [1.54, 1.807) is 74.1 Å². The highest BCUT2D eigenvalue weighted by Crippen LogP contribution is 2.17. The summed E-state index contributed by atoms with van der Waals surface area (Å²) in [7, 11) is 1.55. The van der Waals surface area contributed by atoms with E-state index in [4.69, 9.17) is 4.74 Å². The topological polar surface area (TPSA) is 80.3 Å². The van der Waals surface area contributed by atoms with E-state index in [1.165, 1.54) is 0 Å². The number of aryl methyl sites for hydroxylation is 1. The van der Waals surface area contributed by atoms with Gasteiger partial charge in [0.25, 0.3) is 11.8 Å². The van der Waals surface area contributed by atoms with Crippen molar-refractivity contribution in [3.63, 3.8) is 0 Å². The molecule has 3 aromatic rings. The third-order valence-corrected chi connectivity index (χ3v) is 4.01. The van der Waals surface area contributed by atoms with Crippen LogP contribution in [0.15, 0.2) is 67.0 Å². The highest BCUT2D eigenvalue weighted by molar-refractivity contribution is 6.06. The van der Waals surface area contributed by atoms with E-state index in [2.05, 4.69) is 15.6 Å². The number of nitrogens with one attached hydrogen (secondary N) is 2. The SMILES string of the molecule is COc1cccc(C(=O)Nc2ccc(C(=O)Nc3ccncc3C)cc2)c1. The Labute approximate surface area is 157 Å². The van der Waals surface area contributed by atoms with Crippen LogP contribution < -0.4 is 15.4 Å². The Bertz CT molecular complexity index is 968. The highest BCUT2D eigenvalue weighted by atomic mass is 16.5. The number of methoxy groups -OCH3 is 1. The minimum atomic E-state index is -0.251. The van der Waals surface area contributed by atoms with Crippen LogP contribution >= 0.6 is 0 Å². The summed E-state index contributed by atoms with van der Waals surface area (Å²) in [4.78, 5) is 28.7. The molecule has 1 heterocycles. The van der Waals surface area contributed by atoms with Gasteiger partial charge in [-0.3, -0.25) is 14.6 Å². The zero-order valence-electron chi connectivity index (χ0n) is 15.0. The van der Waals surface area contributed by atoms with Crippen molar-refractivity contribution < 1.29 is 14.3 Å². The van der Waals surface area contributed by atoms with E-state index in [-0.39, 0.29) is 11.8 Å². The van der Waals surface area contributed by atoms with Crippen molar-refractivity contribution in [2.24, 2.45) is 0 Å². The molecule has 2 amide bonds. The zero-order chi connectivity index (χ0) is 19.2. The number of ether oxygens (including phenoxy) is 1. The molecule has 0 atom stereocenters.